The number of hydrogen-bond acceptors (Lipinski definition) is 4. The maximum atomic E-state index is 11.4. The third-order valence-electron chi connectivity index (χ3n) is 2.26. The zero-order valence-electron chi connectivity index (χ0n) is 9.06. The lowest BCUT2D eigenvalue weighted by Crippen LogP contribution is -2.40. The number of carbonyl (C=O) groups excluding carboxylic acids is 2. The van der Waals surface area contributed by atoms with Gasteiger partial charge in [-0.3, -0.25) is 10.1 Å². The van der Waals surface area contributed by atoms with Gasteiger partial charge in [-0.2, -0.15) is 0 Å². The Balaban J connectivity index is 2.37. The van der Waals surface area contributed by atoms with Gasteiger partial charge in [0.15, 0.2) is 0 Å². The molecule has 1 aliphatic heterocycles. The number of nitrogens with one attached hydrogen (secondary N) is 1. The van der Waals surface area contributed by atoms with E-state index in [1.54, 1.807) is 6.92 Å². The first-order valence-corrected chi connectivity index (χ1v) is 6.35. The molecule has 7 heteroatoms. The molecule has 1 unspecified atom stereocenters. The second kappa shape index (κ2) is 6.05. The van der Waals surface area contributed by atoms with Crippen molar-refractivity contribution in [1.82, 2.24) is 10.2 Å². The summed E-state index contributed by atoms with van der Waals surface area (Å²) in [6.07, 6.45) is 2.28. The van der Waals surface area contributed by atoms with Gasteiger partial charge in [0.2, 0.25) is 5.91 Å². The zero-order chi connectivity index (χ0) is 12.1. The fraction of sp³-hybridized carbons (Fsp3) is 0.667. The molecule has 90 valence electrons. The number of primary amides is 1. The first-order valence-electron chi connectivity index (χ1n) is 5.06. The van der Waals surface area contributed by atoms with Crippen molar-refractivity contribution in [3.63, 3.8) is 0 Å². The molecule has 1 rings (SSSR count). The number of nitrogens with zero attached hydrogens (tertiary/aromatic N) is 1. The Morgan fingerprint density at radius 2 is 2.00 bits per heavy atom. The normalized spacial score (nSPS) is 16.9. The Hall–Kier alpha value is -0.820. The van der Waals surface area contributed by atoms with Crippen molar-refractivity contribution in [2.45, 2.75) is 25.0 Å². The van der Waals surface area contributed by atoms with Gasteiger partial charge in [-0.25, -0.2) is 4.79 Å². The minimum absolute atomic E-state index is 0.402. The van der Waals surface area contributed by atoms with Crippen LogP contribution in [0.3, 0.4) is 0 Å². The molecule has 3 N–H and O–H groups in total. The van der Waals surface area contributed by atoms with Crippen LogP contribution in [0.4, 0.5) is 4.79 Å². The Kier molecular flexibility index (Phi) is 5.01. The lowest BCUT2D eigenvalue weighted by atomic mass is 10.4. The summed E-state index contributed by atoms with van der Waals surface area (Å²) in [5.74, 6) is -0.404. The predicted octanol–water partition coefficient (Wildman–Crippen LogP) is 0.684. The molecule has 1 atom stereocenters. The molecule has 0 bridgehead atoms. The first-order chi connectivity index (χ1) is 7.50. The number of imide groups is 1. The standard InChI is InChI=1S/C9H15N3O2S2/c1-6(7(13)11-8(10)14)16-9(15)12-4-2-3-5-12/h6H,2-5H2,1H3,(H3,10,11,13,14). The van der Waals surface area contributed by atoms with Gasteiger partial charge < -0.3 is 10.6 Å². The summed E-state index contributed by atoms with van der Waals surface area (Å²) in [4.78, 5) is 24.0. The van der Waals surface area contributed by atoms with Crippen LogP contribution in [0.15, 0.2) is 0 Å². The number of hydrogen-bond donors (Lipinski definition) is 2. The van der Waals surface area contributed by atoms with Crippen molar-refractivity contribution in [2.24, 2.45) is 5.73 Å². The number of nitrogens with two attached hydrogens (primary N) is 1. The van der Waals surface area contributed by atoms with Crippen molar-refractivity contribution in [3.8, 4) is 0 Å². The summed E-state index contributed by atoms with van der Waals surface area (Å²) < 4.78 is 0.713. The summed E-state index contributed by atoms with van der Waals surface area (Å²) in [6.45, 7) is 3.61. The SMILES string of the molecule is CC(SC(=S)N1CCCC1)C(=O)NC(N)=O. The maximum absolute atomic E-state index is 11.4. The van der Waals surface area contributed by atoms with Crippen LogP contribution >= 0.6 is 24.0 Å². The average Bonchev–Trinajstić information content (AvgIpc) is 2.68. The highest BCUT2D eigenvalue weighted by molar-refractivity contribution is 8.23. The highest BCUT2D eigenvalue weighted by Gasteiger charge is 2.21. The van der Waals surface area contributed by atoms with E-state index in [-0.39, 0.29) is 0 Å². The van der Waals surface area contributed by atoms with Crippen LogP contribution in [-0.2, 0) is 4.79 Å². The number of thioether (sulfide) groups is 1. The molecule has 0 radical (unpaired) electrons. The monoisotopic (exact) mass is 261 g/mol. The molecule has 0 spiro atoms. The summed E-state index contributed by atoms with van der Waals surface area (Å²) >= 11 is 6.50. The van der Waals surface area contributed by atoms with Gasteiger partial charge in [0.25, 0.3) is 0 Å². The van der Waals surface area contributed by atoms with Gasteiger partial charge in [-0.05, 0) is 19.8 Å². The number of thiocarbonyl (C=S) groups is 1. The molecule has 0 aliphatic carbocycles. The van der Waals surface area contributed by atoms with Crippen molar-refractivity contribution < 1.29 is 9.59 Å². The van der Waals surface area contributed by atoms with Crippen molar-refractivity contribution >= 4 is 40.2 Å². The van der Waals surface area contributed by atoms with Crippen LogP contribution in [0.2, 0.25) is 0 Å². The van der Waals surface area contributed by atoms with Gasteiger partial charge in [0.05, 0.1) is 5.25 Å². The van der Waals surface area contributed by atoms with E-state index in [0.29, 0.717) is 4.32 Å². The number of carbonyl (C=O) groups is 2. The Bertz CT molecular complexity index is 303. The second-order valence-corrected chi connectivity index (χ2v) is 5.55. The molecule has 16 heavy (non-hydrogen) atoms. The summed E-state index contributed by atoms with van der Waals surface area (Å²) in [7, 11) is 0. The van der Waals surface area contributed by atoms with E-state index in [1.165, 1.54) is 11.8 Å². The van der Waals surface area contributed by atoms with Gasteiger partial charge in [-0.15, -0.1) is 0 Å². The smallest absolute Gasteiger partial charge is 0.318 e. The Morgan fingerprint density at radius 1 is 1.44 bits per heavy atom. The predicted molar refractivity (Wildman–Crippen MR) is 68.2 cm³/mol. The lowest BCUT2D eigenvalue weighted by Gasteiger charge is -2.19. The Labute approximate surface area is 104 Å². The maximum Gasteiger partial charge on any atom is 0.318 e. The van der Waals surface area contributed by atoms with Gasteiger partial charge >= 0.3 is 6.03 Å². The van der Waals surface area contributed by atoms with Crippen LogP contribution in [0.25, 0.3) is 0 Å². The van der Waals surface area contributed by atoms with E-state index >= 15 is 0 Å². The highest BCUT2D eigenvalue weighted by atomic mass is 32.2. The van der Waals surface area contributed by atoms with Gasteiger partial charge in [0, 0.05) is 13.1 Å². The molecule has 1 fully saturated rings. The number of likely N-dealkylation sites (tertiary alicyclic amines) is 1. The molecule has 0 saturated carbocycles. The number of amides is 3. The molecule has 0 aromatic carbocycles. The van der Waals surface area contributed by atoms with E-state index in [0.717, 1.165) is 25.9 Å². The quantitative estimate of drug-likeness (QED) is 0.715. The summed E-state index contributed by atoms with van der Waals surface area (Å²) in [5.41, 5.74) is 4.86. The average molecular weight is 261 g/mol. The molecular weight excluding hydrogens is 246 g/mol. The van der Waals surface area contributed by atoms with Crippen LogP contribution in [-0.4, -0.2) is 39.5 Å². The first kappa shape index (κ1) is 13.2. The minimum Gasteiger partial charge on any atom is -0.358 e. The van der Waals surface area contributed by atoms with Crippen molar-refractivity contribution in [3.05, 3.63) is 0 Å². The number of rotatable bonds is 2. The molecule has 1 aliphatic rings. The van der Waals surface area contributed by atoms with Gasteiger partial charge in [0.1, 0.15) is 4.32 Å². The Morgan fingerprint density at radius 3 is 2.50 bits per heavy atom. The molecule has 0 aromatic heterocycles. The fourth-order valence-corrected chi connectivity index (χ4v) is 2.82. The van der Waals surface area contributed by atoms with Crippen LogP contribution in [0.5, 0.6) is 0 Å². The summed E-state index contributed by atoms with van der Waals surface area (Å²) in [5, 5.41) is 1.64. The molecule has 1 heterocycles. The van der Waals surface area contributed by atoms with Crippen molar-refractivity contribution in [2.75, 3.05) is 13.1 Å². The molecule has 3 amide bonds. The molecular formula is C9H15N3O2S2. The molecule has 1 saturated heterocycles. The van der Waals surface area contributed by atoms with Crippen LogP contribution in [0, 0.1) is 0 Å². The molecule has 5 nitrogen and oxygen atoms in total. The highest BCUT2D eigenvalue weighted by Crippen LogP contribution is 2.20. The van der Waals surface area contributed by atoms with Crippen LogP contribution < -0.4 is 11.1 Å². The summed E-state index contributed by atoms with van der Waals surface area (Å²) in [6, 6.07) is -0.829. The molecule has 0 aromatic rings. The second-order valence-electron chi connectivity index (χ2n) is 3.57. The van der Waals surface area contributed by atoms with Gasteiger partial charge in [-0.1, -0.05) is 24.0 Å². The zero-order valence-corrected chi connectivity index (χ0v) is 10.7. The van der Waals surface area contributed by atoms with E-state index in [1.807, 2.05) is 5.32 Å². The minimum atomic E-state index is -0.829. The van der Waals surface area contributed by atoms with Crippen LogP contribution in [0.1, 0.15) is 19.8 Å². The van der Waals surface area contributed by atoms with E-state index < -0.39 is 17.2 Å². The number of urea groups is 1. The van der Waals surface area contributed by atoms with Crippen molar-refractivity contribution in [1.29, 1.82) is 0 Å². The third-order valence-corrected chi connectivity index (χ3v) is 3.83. The van der Waals surface area contributed by atoms with E-state index in [4.69, 9.17) is 18.0 Å². The van der Waals surface area contributed by atoms with E-state index in [2.05, 4.69) is 4.90 Å². The third kappa shape index (κ3) is 3.97. The lowest BCUT2D eigenvalue weighted by molar-refractivity contribution is -0.119. The topological polar surface area (TPSA) is 75.4 Å². The fourth-order valence-electron chi connectivity index (χ4n) is 1.40. The van der Waals surface area contributed by atoms with E-state index in [9.17, 15) is 9.59 Å². The largest absolute Gasteiger partial charge is 0.358 e.